The van der Waals surface area contributed by atoms with Gasteiger partial charge < -0.3 is 14.2 Å². The Morgan fingerprint density at radius 2 is 1.80 bits per heavy atom. The van der Waals surface area contributed by atoms with Gasteiger partial charge in [0.25, 0.3) is 0 Å². The normalized spacial score (nSPS) is 14.8. The van der Waals surface area contributed by atoms with Crippen LogP contribution in [0.15, 0.2) is 41.3 Å². The Morgan fingerprint density at radius 3 is 2.52 bits per heavy atom. The average molecular weight is 363 g/mol. The molecule has 0 amide bonds. The molecule has 25 heavy (non-hydrogen) atoms. The van der Waals surface area contributed by atoms with E-state index >= 15 is 0 Å². The van der Waals surface area contributed by atoms with E-state index in [0.29, 0.717) is 30.5 Å². The van der Waals surface area contributed by atoms with Gasteiger partial charge >= 0.3 is 0 Å². The maximum absolute atomic E-state index is 12.8. The first-order valence-corrected chi connectivity index (χ1v) is 9.45. The highest BCUT2D eigenvalue weighted by Crippen LogP contribution is 2.33. The molecule has 1 aliphatic rings. The third-order valence-corrected chi connectivity index (χ3v) is 5.57. The van der Waals surface area contributed by atoms with E-state index in [-0.39, 0.29) is 4.90 Å². The predicted molar refractivity (Wildman–Crippen MR) is 93.9 cm³/mol. The van der Waals surface area contributed by atoms with Crippen LogP contribution in [0, 0.1) is 6.92 Å². The smallest absolute Gasteiger partial charge is 0.244 e. The van der Waals surface area contributed by atoms with Crippen molar-refractivity contribution in [1.29, 1.82) is 0 Å². The van der Waals surface area contributed by atoms with Crippen molar-refractivity contribution in [3.8, 4) is 17.2 Å². The topological polar surface area (TPSA) is 73.9 Å². The SMILES string of the molecule is COc1ccc(C)cc1S(=O)(=O)N[C@H](C)c1ccc2c(c1)OCCO2. The molecule has 0 fully saturated rings. The molecule has 1 N–H and O–H groups in total. The Kier molecular flexibility index (Phi) is 4.87. The minimum absolute atomic E-state index is 0.124. The number of nitrogens with one attached hydrogen (secondary N) is 1. The van der Waals surface area contributed by atoms with Gasteiger partial charge in [0, 0.05) is 6.04 Å². The second-order valence-corrected chi connectivity index (χ2v) is 7.58. The van der Waals surface area contributed by atoms with Crippen LogP contribution in [0.1, 0.15) is 24.1 Å². The van der Waals surface area contributed by atoms with Gasteiger partial charge in [-0.25, -0.2) is 13.1 Å². The van der Waals surface area contributed by atoms with Crippen LogP contribution in [0.2, 0.25) is 0 Å². The number of hydrogen-bond donors (Lipinski definition) is 1. The lowest BCUT2D eigenvalue weighted by atomic mass is 10.1. The summed E-state index contributed by atoms with van der Waals surface area (Å²) in [6, 6.07) is 10.0. The molecule has 0 radical (unpaired) electrons. The number of rotatable bonds is 5. The second kappa shape index (κ2) is 6.93. The summed E-state index contributed by atoms with van der Waals surface area (Å²) < 4.78 is 44.5. The summed E-state index contributed by atoms with van der Waals surface area (Å²) in [4.78, 5) is 0.124. The molecule has 7 heteroatoms. The van der Waals surface area contributed by atoms with Gasteiger partial charge in [0.05, 0.1) is 7.11 Å². The number of sulfonamides is 1. The van der Waals surface area contributed by atoms with Gasteiger partial charge in [-0.15, -0.1) is 0 Å². The summed E-state index contributed by atoms with van der Waals surface area (Å²) in [6.07, 6.45) is 0. The van der Waals surface area contributed by atoms with Crippen LogP contribution in [0.5, 0.6) is 17.2 Å². The van der Waals surface area contributed by atoms with E-state index in [2.05, 4.69) is 4.72 Å². The second-order valence-electron chi connectivity index (χ2n) is 5.90. The predicted octanol–water partition coefficient (Wildman–Crippen LogP) is 2.81. The first kappa shape index (κ1) is 17.6. The molecule has 0 bridgehead atoms. The lowest BCUT2D eigenvalue weighted by Crippen LogP contribution is -2.27. The molecular weight excluding hydrogens is 342 g/mol. The van der Waals surface area contributed by atoms with Crippen molar-refractivity contribution >= 4 is 10.0 Å². The monoisotopic (exact) mass is 363 g/mol. The Morgan fingerprint density at radius 1 is 1.08 bits per heavy atom. The molecule has 1 aliphatic heterocycles. The zero-order chi connectivity index (χ0) is 18.0. The molecule has 0 aromatic heterocycles. The van der Waals surface area contributed by atoms with Crippen LogP contribution in [-0.2, 0) is 10.0 Å². The summed E-state index contributed by atoms with van der Waals surface area (Å²) in [5, 5.41) is 0. The summed E-state index contributed by atoms with van der Waals surface area (Å²) in [7, 11) is -2.29. The molecule has 1 heterocycles. The summed E-state index contributed by atoms with van der Waals surface area (Å²) >= 11 is 0. The minimum Gasteiger partial charge on any atom is -0.495 e. The Balaban J connectivity index is 1.87. The third-order valence-electron chi connectivity index (χ3n) is 4.01. The van der Waals surface area contributed by atoms with Crippen molar-refractivity contribution in [2.75, 3.05) is 20.3 Å². The lowest BCUT2D eigenvalue weighted by Gasteiger charge is -2.21. The zero-order valence-corrected chi connectivity index (χ0v) is 15.2. The van der Waals surface area contributed by atoms with Crippen molar-refractivity contribution < 1.29 is 22.6 Å². The first-order chi connectivity index (χ1) is 11.9. The molecular formula is C18H21NO5S. The summed E-state index contributed by atoms with van der Waals surface area (Å²) in [5.74, 6) is 1.61. The lowest BCUT2D eigenvalue weighted by molar-refractivity contribution is 0.171. The molecule has 0 saturated heterocycles. The van der Waals surface area contributed by atoms with E-state index in [1.807, 2.05) is 19.1 Å². The maximum atomic E-state index is 12.8. The van der Waals surface area contributed by atoms with Gasteiger partial charge in [-0.1, -0.05) is 12.1 Å². The quantitative estimate of drug-likeness (QED) is 0.884. The number of aryl methyl sites for hydroxylation is 1. The van der Waals surface area contributed by atoms with E-state index in [1.54, 1.807) is 31.2 Å². The summed E-state index contributed by atoms with van der Waals surface area (Å²) in [6.45, 7) is 4.62. The van der Waals surface area contributed by atoms with Crippen molar-refractivity contribution in [1.82, 2.24) is 4.72 Å². The van der Waals surface area contributed by atoms with Gasteiger partial charge in [0.2, 0.25) is 10.0 Å². The van der Waals surface area contributed by atoms with Crippen LogP contribution < -0.4 is 18.9 Å². The van der Waals surface area contributed by atoms with E-state index in [9.17, 15) is 8.42 Å². The molecule has 0 aliphatic carbocycles. The highest BCUT2D eigenvalue weighted by atomic mass is 32.2. The molecule has 134 valence electrons. The van der Waals surface area contributed by atoms with Crippen LogP contribution in [0.4, 0.5) is 0 Å². The number of fused-ring (bicyclic) bond motifs is 1. The van der Waals surface area contributed by atoms with E-state index < -0.39 is 16.1 Å². The van der Waals surface area contributed by atoms with Crippen LogP contribution in [0.25, 0.3) is 0 Å². The molecule has 2 aromatic carbocycles. The van der Waals surface area contributed by atoms with Crippen molar-refractivity contribution in [3.63, 3.8) is 0 Å². The molecule has 2 aromatic rings. The van der Waals surface area contributed by atoms with Gasteiger partial charge in [-0.2, -0.15) is 0 Å². The Labute approximate surface area is 147 Å². The van der Waals surface area contributed by atoms with E-state index in [0.717, 1.165) is 11.1 Å². The van der Waals surface area contributed by atoms with Gasteiger partial charge in [0.1, 0.15) is 23.9 Å². The zero-order valence-electron chi connectivity index (χ0n) is 14.4. The van der Waals surface area contributed by atoms with Crippen molar-refractivity contribution in [2.24, 2.45) is 0 Å². The number of benzene rings is 2. The van der Waals surface area contributed by atoms with Crippen LogP contribution in [-0.4, -0.2) is 28.7 Å². The third kappa shape index (κ3) is 3.72. The Bertz CT molecular complexity index is 879. The number of ether oxygens (including phenoxy) is 3. The molecule has 0 spiro atoms. The fourth-order valence-corrected chi connectivity index (χ4v) is 4.17. The Hall–Kier alpha value is -2.25. The van der Waals surface area contributed by atoms with Gasteiger partial charge in [0.15, 0.2) is 11.5 Å². The molecule has 6 nitrogen and oxygen atoms in total. The van der Waals surface area contributed by atoms with Gasteiger partial charge in [-0.3, -0.25) is 0 Å². The number of methoxy groups -OCH3 is 1. The fraction of sp³-hybridized carbons (Fsp3) is 0.333. The fourth-order valence-electron chi connectivity index (χ4n) is 2.69. The van der Waals surface area contributed by atoms with Crippen molar-refractivity contribution in [3.05, 3.63) is 47.5 Å². The molecule has 1 atom stereocenters. The summed E-state index contributed by atoms with van der Waals surface area (Å²) in [5.41, 5.74) is 1.63. The van der Waals surface area contributed by atoms with Gasteiger partial charge in [-0.05, 0) is 49.2 Å². The number of hydrogen-bond acceptors (Lipinski definition) is 5. The van der Waals surface area contributed by atoms with E-state index in [1.165, 1.54) is 7.11 Å². The van der Waals surface area contributed by atoms with E-state index in [4.69, 9.17) is 14.2 Å². The molecule has 3 rings (SSSR count). The average Bonchev–Trinajstić information content (AvgIpc) is 2.61. The highest BCUT2D eigenvalue weighted by molar-refractivity contribution is 7.89. The standard InChI is InChI=1S/C18H21NO5S/c1-12-4-6-16(22-3)18(10-12)25(20,21)19-13(2)14-5-7-15-17(11-14)24-9-8-23-15/h4-7,10-11,13,19H,8-9H2,1-3H3/t13-/m1/s1. The van der Waals surface area contributed by atoms with Crippen LogP contribution in [0.3, 0.4) is 0 Å². The molecule has 0 saturated carbocycles. The van der Waals surface area contributed by atoms with Crippen molar-refractivity contribution in [2.45, 2.75) is 24.8 Å². The minimum atomic E-state index is -3.74. The van der Waals surface area contributed by atoms with Crippen LogP contribution >= 0.6 is 0 Å². The molecule has 0 unspecified atom stereocenters. The largest absolute Gasteiger partial charge is 0.495 e. The maximum Gasteiger partial charge on any atom is 0.244 e. The first-order valence-electron chi connectivity index (χ1n) is 7.97. The highest BCUT2D eigenvalue weighted by Gasteiger charge is 2.23.